The van der Waals surface area contributed by atoms with Crippen molar-refractivity contribution >= 4 is 52.1 Å². The van der Waals surface area contributed by atoms with Crippen LogP contribution < -0.4 is 16.9 Å². The lowest BCUT2D eigenvalue weighted by Gasteiger charge is -2.49. The predicted octanol–water partition coefficient (Wildman–Crippen LogP) is -0.0717. The Morgan fingerprint density at radius 3 is 2.76 bits per heavy atom. The smallest absolute Gasteiger partial charge is 0.477 e. The maximum Gasteiger partial charge on any atom is 0.519 e. The number of nitrogens with one attached hydrogen (secondary N) is 1. The second-order valence-corrected chi connectivity index (χ2v) is 12.8. The highest BCUT2D eigenvalue weighted by Crippen LogP contribution is 2.41. The number of anilines is 1. The van der Waals surface area contributed by atoms with Crippen LogP contribution in [0.4, 0.5) is 5.13 Å². The summed E-state index contributed by atoms with van der Waals surface area (Å²) in [5.41, 5.74) is 6.02. The average molecular weight is 677 g/mol. The van der Waals surface area contributed by atoms with Gasteiger partial charge in [-0.2, -0.15) is 4.37 Å². The van der Waals surface area contributed by atoms with E-state index >= 15 is 0 Å². The number of nitrogens with zero attached hydrogens (tertiary/aromatic N) is 6. The van der Waals surface area contributed by atoms with E-state index < -0.39 is 41.1 Å². The number of carboxylic acids is 1. The monoisotopic (exact) mass is 676 g/mol. The van der Waals surface area contributed by atoms with Crippen LogP contribution in [-0.2, 0) is 30.5 Å². The lowest BCUT2D eigenvalue weighted by atomic mass is 10.0. The summed E-state index contributed by atoms with van der Waals surface area (Å²) >= 11 is 2.01. The number of hydrogen-bond donors (Lipinski definition) is 3. The van der Waals surface area contributed by atoms with Crippen LogP contribution in [0.1, 0.15) is 36.2 Å². The number of carbonyl (C=O) groups excluding carboxylic acids is 3. The number of nitrogen functional groups attached to an aromatic ring is 1. The molecule has 0 radical (unpaired) electrons. The first-order valence-electron chi connectivity index (χ1n) is 14.1. The predicted molar refractivity (Wildman–Crippen MR) is 159 cm³/mol. The molecule has 4 atom stereocenters. The third kappa shape index (κ3) is 5.95. The first kappa shape index (κ1) is 31.6. The van der Waals surface area contributed by atoms with Crippen molar-refractivity contribution in [3.05, 3.63) is 55.8 Å². The fraction of sp³-hybridized carbons (Fsp3) is 0.500. The van der Waals surface area contributed by atoms with E-state index in [4.69, 9.17) is 19.3 Å². The maximum atomic E-state index is 13.4. The molecule has 4 aliphatic rings. The Balaban J connectivity index is 1.08. The number of nitrogens with two attached hydrogens (primary N) is 1. The molecule has 4 aliphatic heterocycles. The molecule has 4 N–H and O–H groups in total. The number of carbonyl (C=O) groups is 4. The van der Waals surface area contributed by atoms with Gasteiger partial charge in [-0.3, -0.25) is 24.2 Å². The third-order valence-electron chi connectivity index (χ3n) is 8.09. The number of likely N-dealkylation sites (tertiary alicyclic amines) is 2. The topological polar surface area (TPSA) is 244 Å². The molecule has 3 saturated heterocycles. The highest BCUT2D eigenvalue weighted by molar-refractivity contribution is 8.00. The Morgan fingerprint density at radius 2 is 2.09 bits per heavy atom. The van der Waals surface area contributed by atoms with Crippen LogP contribution >= 0.6 is 23.3 Å². The van der Waals surface area contributed by atoms with Crippen LogP contribution in [0.2, 0.25) is 0 Å². The number of nitroso groups, excluding NO2 is 1. The van der Waals surface area contributed by atoms with Crippen molar-refractivity contribution in [2.75, 3.05) is 37.9 Å². The van der Waals surface area contributed by atoms with Crippen LogP contribution in [0, 0.1) is 11.8 Å². The molecule has 3 fully saturated rings. The molecule has 20 heteroatoms. The first-order chi connectivity index (χ1) is 22.0. The molecule has 2 aromatic rings. The van der Waals surface area contributed by atoms with E-state index in [1.807, 2.05) is 4.90 Å². The van der Waals surface area contributed by atoms with Gasteiger partial charge < -0.3 is 34.6 Å². The first-order valence-corrected chi connectivity index (χ1v) is 15.9. The van der Waals surface area contributed by atoms with Gasteiger partial charge in [-0.1, -0.05) is 0 Å². The molecule has 0 aliphatic carbocycles. The summed E-state index contributed by atoms with van der Waals surface area (Å²) in [6.07, 6.45) is 2.69. The standard InChI is InChI=1S/C26H28N8O10S2/c1-11-15(44-26(40)43-11)8-42-10-32-4-3-14(7-32)33-5-2-12(21(33)36)6-13-9-45-23-17(22(37)34(23)18(13)24(38)39)28-20(35)16(30-41)19-29-25(27)46-31-19/h6,14,16-17,23H,2-5,7-10H2,1H3,(H,28,35)(H,38,39)(H2,27,29,31). The van der Waals surface area contributed by atoms with Gasteiger partial charge in [0.05, 0.1) is 6.73 Å². The van der Waals surface area contributed by atoms with E-state index in [1.165, 1.54) is 11.8 Å². The Bertz CT molecular complexity index is 1720. The fourth-order valence-corrected chi connectivity index (χ4v) is 7.61. The zero-order chi connectivity index (χ0) is 32.7. The Kier molecular flexibility index (Phi) is 8.77. The van der Waals surface area contributed by atoms with Gasteiger partial charge in [0.1, 0.15) is 29.5 Å². The van der Waals surface area contributed by atoms with Crippen LogP contribution in [0.5, 0.6) is 0 Å². The maximum absolute atomic E-state index is 13.4. The van der Waals surface area contributed by atoms with Crippen molar-refractivity contribution in [2.24, 2.45) is 5.18 Å². The number of hydrogen-bond acceptors (Lipinski definition) is 16. The largest absolute Gasteiger partial charge is 0.519 e. The van der Waals surface area contributed by atoms with Crippen molar-refractivity contribution < 1.29 is 37.9 Å². The quantitative estimate of drug-likeness (QED) is 0.160. The number of carboxylic acid groups (broad SMARTS) is 1. The van der Waals surface area contributed by atoms with Gasteiger partial charge in [0, 0.05) is 48.5 Å². The summed E-state index contributed by atoms with van der Waals surface area (Å²) in [6, 6.07) is -2.78. The minimum absolute atomic E-state index is 0.0393. The molecular weight excluding hydrogens is 648 g/mol. The summed E-state index contributed by atoms with van der Waals surface area (Å²) in [7, 11) is 0. The Hall–Kier alpha value is -4.40. The molecule has 0 bridgehead atoms. The van der Waals surface area contributed by atoms with Crippen LogP contribution in [0.25, 0.3) is 0 Å². The number of aromatic nitrogens is 2. The van der Waals surface area contributed by atoms with Crippen molar-refractivity contribution in [1.29, 1.82) is 0 Å². The van der Waals surface area contributed by atoms with E-state index in [0.29, 0.717) is 48.7 Å². The second kappa shape index (κ2) is 12.8. The molecule has 2 aromatic heterocycles. The number of β-lactam (4-membered cyclic amide) rings is 1. The fourth-order valence-electron chi connectivity index (χ4n) is 5.84. The van der Waals surface area contributed by atoms with E-state index in [0.717, 1.165) is 22.9 Å². The van der Waals surface area contributed by atoms with Crippen molar-refractivity contribution in [3.8, 4) is 0 Å². The minimum atomic E-state index is -1.62. The molecule has 244 valence electrons. The lowest BCUT2D eigenvalue weighted by Crippen LogP contribution is -2.70. The molecule has 6 rings (SSSR count). The molecule has 0 spiro atoms. The molecule has 3 amide bonds. The number of amides is 3. The van der Waals surface area contributed by atoms with Crippen molar-refractivity contribution in [2.45, 2.75) is 49.9 Å². The van der Waals surface area contributed by atoms with Crippen LogP contribution in [-0.4, -0.2) is 102 Å². The van der Waals surface area contributed by atoms with Crippen molar-refractivity contribution in [3.63, 3.8) is 0 Å². The molecule has 0 saturated carbocycles. The normalized spacial score (nSPS) is 24.8. The molecule has 0 aromatic carbocycles. The highest BCUT2D eigenvalue weighted by atomic mass is 32.2. The van der Waals surface area contributed by atoms with Gasteiger partial charge in [-0.15, -0.1) is 16.7 Å². The molecule has 18 nitrogen and oxygen atoms in total. The van der Waals surface area contributed by atoms with Crippen molar-refractivity contribution in [1.82, 2.24) is 29.4 Å². The zero-order valence-corrected chi connectivity index (χ0v) is 25.9. The van der Waals surface area contributed by atoms with Gasteiger partial charge >= 0.3 is 11.8 Å². The number of ether oxygens (including phenoxy) is 1. The molecule has 46 heavy (non-hydrogen) atoms. The van der Waals surface area contributed by atoms with E-state index in [-0.39, 0.29) is 47.7 Å². The summed E-state index contributed by atoms with van der Waals surface area (Å²) in [5.74, 6) is -3.24. The average Bonchev–Trinajstić information content (AvgIpc) is 3.81. The number of aryl methyl sites for hydroxylation is 1. The SMILES string of the molecule is Cc1oc(=O)oc1COCN1CCC(N2CCC(=CC3=C(C(=O)O)N4C(=O)C(NC(=O)C(N=O)c5nsc(N)n5)C4SC3)C2=O)C1. The van der Waals surface area contributed by atoms with E-state index in [1.54, 1.807) is 17.9 Å². The van der Waals surface area contributed by atoms with Gasteiger partial charge in [0.25, 0.3) is 11.8 Å². The molecule has 6 heterocycles. The number of aliphatic carboxylic acids is 1. The third-order valence-corrected chi connectivity index (χ3v) is 9.95. The number of rotatable bonds is 11. The Morgan fingerprint density at radius 1 is 1.28 bits per heavy atom. The van der Waals surface area contributed by atoms with Gasteiger partial charge in [0.15, 0.2) is 16.7 Å². The van der Waals surface area contributed by atoms with E-state index in [9.17, 15) is 34.0 Å². The van der Waals surface area contributed by atoms with Gasteiger partial charge in [0.2, 0.25) is 11.9 Å². The highest BCUT2D eigenvalue weighted by Gasteiger charge is 2.54. The number of fused-ring (bicyclic) bond motifs is 1. The summed E-state index contributed by atoms with van der Waals surface area (Å²) in [4.78, 5) is 82.8. The zero-order valence-electron chi connectivity index (χ0n) is 24.2. The number of thioether (sulfide) groups is 1. The minimum Gasteiger partial charge on any atom is -0.477 e. The van der Waals surface area contributed by atoms with Gasteiger partial charge in [-0.05, 0) is 36.6 Å². The molecule has 4 unspecified atom stereocenters. The van der Waals surface area contributed by atoms with Crippen LogP contribution in [0.15, 0.2) is 41.7 Å². The van der Waals surface area contributed by atoms with Gasteiger partial charge in [-0.25, -0.2) is 14.6 Å². The summed E-state index contributed by atoms with van der Waals surface area (Å²) < 4.78 is 19.2. The summed E-state index contributed by atoms with van der Waals surface area (Å²) in [5, 5.41) is 14.6. The lowest BCUT2D eigenvalue weighted by molar-refractivity contribution is -0.150. The van der Waals surface area contributed by atoms with E-state index in [2.05, 4.69) is 19.9 Å². The van der Waals surface area contributed by atoms with Crippen LogP contribution in [0.3, 0.4) is 0 Å². The second-order valence-electron chi connectivity index (χ2n) is 10.9. The summed E-state index contributed by atoms with van der Waals surface area (Å²) in [6.45, 7) is 3.71. The number of allylic oxidation sites excluding steroid dienone is 1. The Labute approximate surface area is 267 Å². The molecular formula is C26H28N8O10S2.